The van der Waals surface area contributed by atoms with Crippen molar-refractivity contribution in [1.82, 2.24) is 5.32 Å². The number of aryl methyl sites for hydroxylation is 1. The number of rotatable bonds is 8. The molecular weight excluding hydrogens is 322 g/mol. The van der Waals surface area contributed by atoms with Crippen LogP contribution in [-0.2, 0) is 19.7 Å². The second-order valence-corrected chi connectivity index (χ2v) is 6.35. The van der Waals surface area contributed by atoms with E-state index >= 15 is 0 Å². The second kappa shape index (κ2) is 9.07. The summed E-state index contributed by atoms with van der Waals surface area (Å²) in [6.45, 7) is 4.26. The predicted octanol–water partition coefficient (Wildman–Crippen LogP) is 4.87. The maximum absolute atomic E-state index is 5.91. The number of ether oxygens (including phenoxy) is 2. The molecule has 0 atom stereocenters. The molecule has 3 nitrogen and oxygen atoms in total. The Morgan fingerprint density at radius 2 is 1.42 bits per heavy atom. The zero-order chi connectivity index (χ0) is 18.2. The van der Waals surface area contributed by atoms with Crippen molar-refractivity contribution in [3.8, 4) is 11.5 Å². The third kappa shape index (κ3) is 5.11. The van der Waals surface area contributed by atoms with Crippen molar-refractivity contribution in [2.24, 2.45) is 0 Å². The van der Waals surface area contributed by atoms with Crippen molar-refractivity contribution in [2.45, 2.75) is 26.6 Å². The van der Waals surface area contributed by atoms with Crippen LogP contribution in [0.5, 0.6) is 11.5 Å². The van der Waals surface area contributed by atoms with E-state index in [2.05, 4.69) is 54.7 Å². The van der Waals surface area contributed by atoms with Gasteiger partial charge in [0.2, 0.25) is 0 Å². The van der Waals surface area contributed by atoms with Crippen molar-refractivity contribution in [3.63, 3.8) is 0 Å². The summed E-state index contributed by atoms with van der Waals surface area (Å²) in [5, 5.41) is 3.47. The molecule has 0 fully saturated rings. The molecule has 0 saturated carbocycles. The molecular formula is C23H25NO2. The topological polar surface area (TPSA) is 30.5 Å². The molecule has 0 heterocycles. The van der Waals surface area contributed by atoms with Gasteiger partial charge in [0.15, 0.2) is 11.5 Å². The Labute approximate surface area is 155 Å². The molecule has 134 valence electrons. The van der Waals surface area contributed by atoms with Crippen LogP contribution in [0.1, 0.15) is 22.3 Å². The fraction of sp³-hybridized carbons (Fsp3) is 0.217. The summed E-state index contributed by atoms with van der Waals surface area (Å²) in [6, 6.07) is 24.8. The Kier molecular flexibility index (Phi) is 6.29. The van der Waals surface area contributed by atoms with E-state index in [-0.39, 0.29) is 0 Å². The average Bonchev–Trinajstić information content (AvgIpc) is 2.69. The van der Waals surface area contributed by atoms with Gasteiger partial charge in [-0.05, 0) is 35.7 Å². The molecule has 3 heteroatoms. The molecule has 3 aromatic rings. The molecule has 1 N–H and O–H groups in total. The number of nitrogens with one attached hydrogen (secondary N) is 1. The minimum Gasteiger partial charge on any atom is -0.493 e. The van der Waals surface area contributed by atoms with E-state index in [9.17, 15) is 0 Å². The predicted molar refractivity (Wildman–Crippen MR) is 105 cm³/mol. The first-order valence-electron chi connectivity index (χ1n) is 8.84. The molecule has 0 aliphatic heterocycles. The molecule has 0 spiro atoms. The van der Waals surface area contributed by atoms with E-state index in [4.69, 9.17) is 9.47 Å². The monoisotopic (exact) mass is 347 g/mol. The fourth-order valence-corrected chi connectivity index (χ4v) is 2.73. The molecule has 0 amide bonds. The number of benzene rings is 3. The highest BCUT2D eigenvalue weighted by Gasteiger charge is 2.06. The molecule has 3 rings (SSSR count). The maximum atomic E-state index is 5.91. The third-order valence-electron chi connectivity index (χ3n) is 4.24. The van der Waals surface area contributed by atoms with Gasteiger partial charge < -0.3 is 14.8 Å². The molecule has 0 bridgehead atoms. The summed E-state index contributed by atoms with van der Waals surface area (Å²) >= 11 is 0. The highest BCUT2D eigenvalue weighted by atomic mass is 16.5. The third-order valence-corrected chi connectivity index (χ3v) is 4.24. The quantitative estimate of drug-likeness (QED) is 0.630. The zero-order valence-corrected chi connectivity index (χ0v) is 15.4. The van der Waals surface area contributed by atoms with Crippen LogP contribution in [0.2, 0.25) is 0 Å². The van der Waals surface area contributed by atoms with Gasteiger partial charge in [-0.15, -0.1) is 0 Å². The van der Waals surface area contributed by atoms with Crippen molar-refractivity contribution in [2.75, 3.05) is 7.11 Å². The highest BCUT2D eigenvalue weighted by molar-refractivity contribution is 5.43. The lowest BCUT2D eigenvalue weighted by atomic mass is 10.1. The van der Waals surface area contributed by atoms with Crippen molar-refractivity contribution >= 4 is 0 Å². The number of methoxy groups -OCH3 is 1. The summed E-state index contributed by atoms with van der Waals surface area (Å²) in [5.74, 6) is 1.52. The Bertz CT molecular complexity index is 813. The Morgan fingerprint density at radius 1 is 0.731 bits per heavy atom. The minimum atomic E-state index is 0.530. The van der Waals surface area contributed by atoms with E-state index in [1.54, 1.807) is 7.11 Å². The van der Waals surface area contributed by atoms with Crippen molar-refractivity contribution < 1.29 is 9.47 Å². The van der Waals surface area contributed by atoms with Gasteiger partial charge in [0.25, 0.3) is 0 Å². The lowest BCUT2D eigenvalue weighted by Gasteiger charge is -2.13. The first kappa shape index (κ1) is 18.0. The Hall–Kier alpha value is -2.78. The first-order valence-corrected chi connectivity index (χ1v) is 8.84. The van der Waals surface area contributed by atoms with Crippen LogP contribution in [0.15, 0.2) is 72.8 Å². The second-order valence-electron chi connectivity index (χ2n) is 6.35. The van der Waals surface area contributed by atoms with Crippen LogP contribution in [-0.4, -0.2) is 7.11 Å². The van der Waals surface area contributed by atoms with E-state index in [1.807, 2.05) is 30.3 Å². The first-order chi connectivity index (χ1) is 12.7. The van der Waals surface area contributed by atoms with Gasteiger partial charge in [-0.25, -0.2) is 0 Å². The number of hydrogen-bond donors (Lipinski definition) is 1. The largest absolute Gasteiger partial charge is 0.493 e. The van der Waals surface area contributed by atoms with Gasteiger partial charge in [-0.1, -0.05) is 66.2 Å². The SMILES string of the molecule is COc1cc(CNCc2ccc(C)cc2)ccc1OCc1ccccc1. The van der Waals surface area contributed by atoms with Crippen LogP contribution in [0.4, 0.5) is 0 Å². The summed E-state index contributed by atoms with van der Waals surface area (Å²) in [7, 11) is 1.67. The molecule has 0 saturated heterocycles. The molecule has 0 aliphatic carbocycles. The van der Waals surface area contributed by atoms with Gasteiger partial charge in [-0.2, -0.15) is 0 Å². The highest BCUT2D eigenvalue weighted by Crippen LogP contribution is 2.28. The zero-order valence-electron chi connectivity index (χ0n) is 15.4. The average molecular weight is 347 g/mol. The smallest absolute Gasteiger partial charge is 0.161 e. The van der Waals surface area contributed by atoms with Crippen LogP contribution in [0.3, 0.4) is 0 Å². The van der Waals surface area contributed by atoms with Crippen molar-refractivity contribution in [3.05, 3.63) is 95.1 Å². The van der Waals surface area contributed by atoms with Gasteiger partial charge in [0, 0.05) is 13.1 Å². The standard InChI is InChI=1S/C23H25NO2/c1-18-8-10-19(11-9-18)15-24-16-21-12-13-22(23(14-21)25-2)26-17-20-6-4-3-5-7-20/h3-14,24H,15-17H2,1-2H3. The van der Waals surface area contributed by atoms with E-state index in [1.165, 1.54) is 16.7 Å². The van der Waals surface area contributed by atoms with Crippen molar-refractivity contribution in [1.29, 1.82) is 0 Å². The number of hydrogen-bond acceptors (Lipinski definition) is 3. The van der Waals surface area contributed by atoms with E-state index in [0.717, 1.165) is 30.2 Å². The van der Waals surface area contributed by atoms with Crippen LogP contribution in [0, 0.1) is 6.92 Å². The van der Waals surface area contributed by atoms with Crippen LogP contribution in [0.25, 0.3) is 0 Å². The summed E-state index contributed by atoms with van der Waals surface area (Å²) in [5.41, 5.74) is 4.87. The molecule has 3 aromatic carbocycles. The van der Waals surface area contributed by atoms with Crippen LogP contribution >= 0.6 is 0 Å². The van der Waals surface area contributed by atoms with Gasteiger partial charge >= 0.3 is 0 Å². The molecule has 0 unspecified atom stereocenters. The summed E-state index contributed by atoms with van der Waals surface area (Å²) < 4.78 is 11.4. The van der Waals surface area contributed by atoms with Gasteiger partial charge in [0.1, 0.15) is 6.61 Å². The Morgan fingerprint density at radius 3 is 2.15 bits per heavy atom. The molecule has 0 aromatic heterocycles. The lowest BCUT2D eigenvalue weighted by Crippen LogP contribution is -2.12. The van der Waals surface area contributed by atoms with E-state index in [0.29, 0.717) is 6.61 Å². The molecule has 0 aliphatic rings. The van der Waals surface area contributed by atoms with Crippen LogP contribution < -0.4 is 14.8 Å². The minimum absolute atomic E-state index is 0.530. The van der Waals surface area contributed by atoms with Gasteiger partial charge in [0.05, 0.1) is 7.11 Å². The summed E-state index contributed by atoms with van der Waals surface area (Å²) in [6.07, 6.45) is 0. The normalized spacial score (nSPS) is 10.5. The Balaban J connectivity index is 1.56. The molecule has 0 radical (unpaired) electrons. The fourth-order valence-electron chi connectivity index (χ4n) is 2.73. The molecule has 26 heavy (non-hydrogen) atoms. The van der Waals surface area contributed by atoms with Gasteiger partial charge in [-0.3, -0.25) is 0 Å². The lowest BCUT2D eigenvalue weighted by molar-refractivity contribution is 0.284. The summed E-state index contributed by atoms with van der Waals surface area (Å²) in [4.78, 5) is 0. The van der Waals surface area contributed by atoms with E-state index < -0.39 is 0 Å². The maximum Gasteiger partial charge on any atom is 0.161 e.